The molecule has 2 aromatic carbocycles. The molecule has 2 aromatic rings. The van der Waals surface area contributed by atoms with Crippen molar-refractivity contribution < 1.29 is 14.6 Å². The van der Waals surface area contributed by atoms with E-state index in [2.05, 4.69) is 0 Å². The van der Waals surface area contributed by atoms with Crippen LogP contribution in [0, 0.1) is 0 Å². The van der Waals surface area contributed by atoms with Gasteiger partial charge in [0.05, 0.1) is 18.0 Å². The lowest BCUT2D eigenvalue weighted by molar-refractivity contribution is 0.0598. The largest absolute Gasteiger partial charge is 0.443 e. The molecular formula is C18H21NO3. The van der Waals surface area contributed by atoms with Crippen molar-refractivity contribution in [1.29, 1.82) is 0 Å². The van der Waals surface area contributed by atoms with Gasteiger partial charge in [0.2, 0.25) is 0 Å². The van der Waals surface area contributed by atoms with Gasteiger partial charge < -0.3 is 9.84 Å². The van der Waals surface area contributed by atoms with Crippen LogP contribution in [0.3, 0.4) is 0 Å². The van der Waals surface area contributed by atoms with E-state index in [0.29, 0.717) is 16.9 Å². The molecule has 1 N–H and O–H groups in total. The van der Waals surface area contributed by atoms with Crippen molar-refractivity contribution >= 4 is 17.5 Å². The number of para-hydroxylation sites is 2. The Balaban J connectivity index is 2.49. The van der Waals surface area contributed by atoms with Crippen molar-refractivity contribution in [2.75, 3.05) is 4.90 Å². The molecule has 116 valence electrons. The van der Waals surface area contributed by atoms with E-state index in [1.807, 2.05) is 63.2 Å². The highest BCUT2D eigenvalue weighted by Crippen LogP contribution is 2.30. The second-order valence-corrected chi connectivity index (χ2v) is 5.94. The van der Waals surface area contributed by atoms with Gasteiger partial charge in [-0.1, -0.05) is 36.4 Å². The first kappa shape index (κ1) is 16.0. The minimum atomic E-state index is -0.599. The van der Waals surface area contributed by atoms with Gasteiger partial charge in [-0.3, -0.25) is 0 Å². The zero-order chi connectivity index (χ0) is 16.2. The summed E-state index contributed by atoms with van der Waals surface area (Å²) in [6, 6.07) is 16.5. The van der Waals surface area contributed by atoms with Gasteiger partial charge in [-0.15, -0.1) is 0 Å². The molecule has 0 spiro atoms. The number of ether oxygens (including phenoxy) is 1. The van der Waals surface area contributed by atoms with Gasteiger partial charge in [0, 0.05) is 5.56 Å². The van der Waals surface area contributed by atoms with Crippen molar-refractivity contribution in [3.63, 3.8) is 0 Å². The molecule has 0 unspecified atom stereocenters. The fourth-order valence-electron chi connectivity index (χ4n) is 2.09. The summed E-state index contributed by atoms with van der Waals surface area (Å²) in [5.41, 5.74) is 1.37. The lowest BCUT2D eigenvalue weighted by Crippen LogP contribution is -2.34. The number of benzene rings is 2. The first-order chi connectivity index (χ1) is 10.4. The van der Waals surface area contributed by atoms with Crippen LogP contribution in [-0.2, 0) is 11.3 Å². The summed E-state index contributed by atoms with van der Waals surface area (Å²) >= 11 is 0. The first-order valence-corrected chi connectivity index (χ1v) is 7.19. The van der Waals surface area contributed by atoms with Gasteiger partial charge in [0.15, 0.2) is 0 Å². The quantitative estimate of drug-likeness (QED) is 0.921. The maximum atomic E-state index is 12.6. The Morgan fingerprint density at radius 1 is 1.05 bits per heavy atom. The highest BCUT2D eigenvalue weighted by atomic mass is 16.6. The molecule has 0 radical (unpaired) electrons. The van der Waals surface area contributed by atoms with Gasteiger partial charge >= 0.3 is 6.09 Å². The summed E-state index contributed by atoms with van der Waals surface area (Å²) in [6.07, 6.45) is -0.473. The zero-order valence-corrected chi connectivity index (χ0v) is 13.1. The molecule has 0 aliphatic carbocycles. The number of anilines is 2. The van der Waals surface area contributed by atoms with Crippen LogP contribution >= 0.6 is 0 Å². The third-order valence-corrected chi connectivity index (χ3v) is 2.99. The number of hydrogen-bond donors (Lipinski definition) is 1. The van der Waals surface area contributed by atoms with Crippen molar-refractivity contribution in [3.05, 3.63) is 60.2 Å². The molecule has 0 bridgehead atoms. The van der Waals surface area contributed by atoms with Gasteiger partial charge in [-0.25, -0.2) is 9.69 Å². The Labute approximate surface area is 131 Å². The van der Waals surface area contributed by atoms with E-state index in [1.165, 1.54) is 4.90 Å². The Morgan fingerprint density at radius 3 is 2.23 bits per heavy atom. The van der Waals surface area contributed by atoms with Crippen molar-refractivity contribution in [1.82, 2.24) is 0 Å². The average Bonchev–Trinajstić information content (AvgIpc) is 2.47. The SMILES string of the molecule is CC(C)(C)OC(=O)N(c1ccccc1)c1ccccc1CO. The number of carbonyl (C=O) groups is 1. The molecule has 0 aromatic heterocycles. The lowest BCUT2D eigenvalue weighted by atomic mass is 10.1. The number of aliphatic hydroxyl groups excluding tert-OH is 1. The van der Waals surface area contributed by atoms with Crippen LogP contribution in [0.25, 0.3) is 0 Å². The molecule has 1 amide bonds. The van der Waals surface area contributed by atoms with E-state index in [1.54, 1.807) is 12.1 Å². The molecule has 0 fully saturated rings. The highest BCUT2D eigenvalue weighted by Gasteiger charge is 2.26. The zero-order valence-electron chi connectivity index (χ0n) is 13.1. The summed E-state index contributed by atoms with van der Waals surface area (Å²) in [5.74, 6) is 0. The molecule has 0 heterocycles. The molecule has 4 nitrogen and oxygen atoms in total. The monoisotopic (exact) mass is 299 g/mol. The van der Waals surface area contributed by atoms with Crippen molar-refractivity contribution in [3.8, 4) is 0 Å². The number of amides is 1. The van der Waals surface area contributed by atoms with E-state index in [4.69, 9.17) is 4.74 Å². The Bertz CT molecular complexity index is 632. The third-order valence-electron chi connectivity index (χ3n) is 2.99. The topological polar surface area (TPSA) is 49.8 Å². The molecule has 22 heavy (non-hydrogen) atoms. The number of rotatable bonds is 3. The molecular weight excluding hydrogens is 278 g/mol. The fraction of sp³-hybridized carbons (Fsp3) is 0.278. The van der Waals surface area contributed by atoms with Crippen molar-refractivity contribution in [2.24, 2.45) is 0 Å². The number of aliphatic hydroxyl groups is 1. The normalized spacial score (nSPS) is 11.1. The summed E-state index contributed by atoms with van der Waals surface area (Å²) in [7, 11) is 0. The lowest BCUT2D eigenvalue weighted by Gasteiger charge is -2.28. The highest BCUT2D eigenvalue weighted by molar-refractivity contribution is 5.97. The van der Waals surface area contributed by atoms with Crippen LogP contribution in [0.2, 0.25) is 0 Å². The predicted molar refractivity (Wildman–Crippen MR) is 87.2 cm³/mol. The standard InChI is InChI=1S/C18H21NO3/c1-18(2,3)22-17(21)19(15-10-5-4-6-11-15)16-12-8-7-9-14(16)13-20/h4-12,20H,13H2,1-3H3. The Morgan fingerprint density at radius 2 is 1.64 bits per heavy atom. The molecule has 4 heteroatoms. The Hall–Kier alpha value is -2.33. The summed E-state index contributed by atoms with van der Waals surface area (Å²) < 4.78 is 5.51. The van der Waals surface area contributed by atoms with Gasteiger partial charge in [-0.2, -0.15) is 0 Å². The third kappa shape index (κ3) is 3.86. The fourth-order valence-corrected chi connectivity index (χ4v) is 2.09. The van der Waals surface area contributed by atoms with Gasteiger partial charge in [-0.05, 0) is 39.0 Å². The minimum absolute atomic E-state index is 0.150. The summed E-state index contributed by atoms with van der Waals surface area (Å²) in [5, 5.41) is 9.55. The smallest absolute Gasteiger partial charge is 0.419 e. The van der Waals surface area contributed by atoms with E-state index < -0.39 is 11.7 Å². The number of carbonyl (C=O) groups excluding carboxylic acids is 1. The van der Waals surface area contributed by atoms with Crippen LogP contribution < -0.4 is 4.90 Å². The van der Waals surface area contributed by atoms with Crippen LogP contribution in [0.15, 0.2) is 54.6 Å². The maximum absolute atomic E-state index is 12.6. The Kier molecular flexibility index (Phi) is 4.83. The molecule has 0 saturated carbocycles. The molecule has 0 saturated heterocycles. The first-order valence-electron chi connectivity index (χ1n) is 7.19. The van der Waals surface area contributed by atoms with Gasteiger partial charge in [0.25, 0.3) is 0 Å². The van der Waals surface area contributed by atoms with Crippen LogP contribution in [0.1, 0.15) is 26.3 Å². The number of hydrogen-bond acceptors (Lipinski definition) is 3. The average molecular weight is 299 g/mol. The van der Waals surface area contributed by atoms with E-state index >= 15 is 0 Å². The van der Waals surface area contributed by atoms with E-state index in [0.717, 1.165) is 0 Å². The predicted octanol–water partition coefficient (Wildman–Crippen LogP) is 4.25. The van der Waals surface area contributed by atoms with Crippen LogP contribution in [0.5, 0.6) is 0 Å². The van der Waals surface area contributed by atoms with Crippen LogP contribution in [-0.4, -0.2) is 16.8 Å². The second kappa shape index (κ2) is 6.62. The van der Waals surface area contributed by atoms with E-state index in [9.17, 15) is 9.90 Å². The van der Waals surface area contributed by atoms with Crippen molar-refractivity contribution in [2.45, 2.75) is 33.0 Å². The summed E-state index contributed by atoms with van der Waals surface area (Å²) in [4.78, 5) is 14.1. The molecule has 0 atom stereocenters. The van der Waals surface area contributed by atoms with E-state index in [-0.39, 0.29) is 6.61 Å². The minimum Gasteiger partial charge on any atom is -0.443 e. The summed E-state index contributed by atoms with van der Waals surface area (Å²) in [6.45, 7) is 5.33. The number of nitrogens with zero attached hydrogens (tertiary/aromatic N) is 1. The van der Waals surface area contributed by atoms with Crippen LogP contribution in [0.4, 0.5) is 16.2 Å². The second-order valence-electron chi connectivity index (χ2n) is 5.94. The molecule has 0 aliphatic heterocycles. The van der Waals surface area contributed by atoms with Gasteiger partial charge in [0.1, 0.15) is 5.60 Å². The maximum Gasteiger partial charge on any atom is 0.419 e. The molecule has 0 aliphatic rings. The molecule has 2 rings (SSSR count).